The SMILES string of the molecule is CCOc1cc(Cn2ccn(C)/c2=N\C(=O)O)cc(C(=O)NCc2ccc(Cl)c(C)c2)c1. The van der Waals surface area contributed by atoms with E-state index >= 15 is 0 Å². The van der Waals surface area contributed by atoms with Crippen LogP contribution in [0.3, 0.4) is 0 Å². The van der Waals surface area contributed by atoms with Crippen LogP contribution in [0.5, 0.6) is 5.75 Å². The normalized spacial score (nSPS) is 11.4. The maximum Gasteiger partial charge on any atom is 0.434 e. The molecule has 0 atom stereocenters. The standard InChI is InChI=1S/C23H25ClN4O4/c1-4-32-19-11-17(14-28-8-7-27(3)22(28)26-23(30)31)10-18(12-19)21(29)25-13-16-5-6-20(24)15(2)9-16/h5-12H,4,13-14H2,1-3H3,(H,25,29)(H,30,31)/b26-22+. The monoisotopic (exact) mass is 456 g/mol. The highest BCUT2D eigenvalue weighted by molar-refractivity contribution is 6.31. The average molecular weight is 457 g/mol. The van der Waals surface area contributed by atoms with Gasteiger partial charge in [0.05, 0.1) is 13.2 Å². The van der Waals surface area contributed by atoms with Crippen molar-refractivity contribution in [3.8, 4) is 5.75 Å². The predicted octanol–water partition coefficient (Wildman–Crippen LogP) is 3.74. The molecule has 2 amide bonds. The number of carbonyl (C=O) groups is 2. The lowest BCUT2D eigenvalue weighted by Gasteiger charge is -2.12. The second kappa shape index (κ2) is 10.2. The lowest BCUT2D eigenvalue weighted by atomic mass is 10.1. The van der Waals surface area contributed by atoms with Gasteiger partial charge in [-0.3, -0.25) is 4.79 Å². The van der Waals surface area contributed by atoms with Crippen molar-refractivity contribution in [2.75, 3.05) is 6.61 Å². The van der Waals surface area contributed by atoms with Gasteiger partial charge in [0.1, 0.15) is 5.75 Å². The van der Waals surface area contributed by atoms with E-state index in [1.807, 2.05) is 38.1 Å². The van der Waals surface area contributed by atoms with Gasteiger partial charge in [0.25, 0.3) is 5.91 Å². The summed E-state index contributed by atoms with van der Waals surface area (Å²) < 4.78 is 8.95. The molecular weight excluding hydrogens is 432 g/mol. The second-order valence-corrected chi connectivity index (χ2v) is 7.70. The van der Waals surface area contributed by atoms with Gasteiger partial charge in [0, 0.05) is 36.6 Å². The fraction of sp³-hybridized carbons (Fsp3) is 0.261. The molecule has 3 rings (SSSR count). The molecule has 9 heteroatoms. The van der Waals surface area contributed by atoms with Crippen LogP contribution in [-0.4, -0.2) is 32.8 Å². The number of nitrogens with one attached hydrogen (secondary N) is 1. The number of ether oxygens (including phenoxy) is 1. The quantitative estimate of drug-likeness (QED) is 0.565. The van der Waals surface area contributed by atoms with Crippen molar-refractivity contribution >= 4 is 23.6 Å². The van der Waals surface area contributed by atoms with Crippen LogP contribution in [0.4, 0.5) is 4.79 Å². The van der Waals surface area contributed by atoms with Crippen molar-refractivity contribution in [2.45, 2.75) is 26.9 Å². The number of carbonyl (C=O) groups excluding carboxylic acids is 1. The minimum Gasteiger partial charge on any atom is -0.494 e. The molecule has 0 aliphatic carbocycles. The van der Waals surface area contributed by atoms with Gasteiger partial charge in [-0.25, -0.2) is 4.79 Å². The van der Waals surface area contributed by atoms with Crippen LogP contribution in [0.25, 0.3) is 0 Å². The Labute approximate surface area is 190 Å². The van der Waals surface area contributed by atoms with Crippen molar-refractivity contribution in [1.82, 2.24) is 14.5 Å². The van der Waals surface area contributed by atoms with E-state index in [0.717, 1.165) is 16.7 Å². The van der Waals surface area contributed by atoms with Crippen LogP contribution in [0.15, 0.2) is 53.8 Å². The van der Waals surface area contributed by atoms with E-state index in [0.29, 0.717) is 36.0 Å². The molecule has 168 valence electrons. The maximum absolute atomic E-state index is 12.8. The number of carboxylic acid groups (broad SMARTS) is 1. The van der Waals surface area contributed by atoms with Gasteiger partial charge < -0.3 is 24.3 Å². The van der Waals surface area contributed by atoms with E-state index in [1.165, 1.54) is 0 Å². The molecule has 32 heavy (non-hydrogen) atoms. The van der Waals surface area contributed by atoms with Crippen LogP contribution >= 0.6 is 11.6 Å². The summed E-state index contributed by atoms with van der Waals surface area (Å²) in [5, 5.41) is 12.6. The van der Waals surface area contributed by atoms with Crippen LogP contribution < -0.4 is 15.7 Å². The Hall–Kier alpha value is -3.52. The van der Waals surface area contributed by atoms with Crippen LogP contribution in [0.2, 0.25) is 5.02 Å². The van der Waals surface area contributed by atoms with E-state index in [1.54, 1.807) is 40.7 Å². The summed E-state index contributed by atoms with van der Waals surface area (Å²) in [5.74, 6) is 0.319. The first-order valence-electron chi connectivity index (χ1n) is 10.1. The van der Waals surface area contributed by atoms with E-state index in [-0.39, 0.29) is 11.5 Å². The number of rotatable bonds is 7. The Morgan fingerprint density at radius 1 is 1.16 bits per heavy atom. The molecule has 2 aromatic carbocycles. The number of benzene rings is 2. The summed E-state index contributed by atoms with van der Waals surface area (Å²) in [4.78, 5) is 27.5. The van der Waals surface area contributed by atoms with Crippen LogP contribution in [-0.2, 0) is 20.1 Å². The van der Waals surface area contributed by atoms with Crippen LogP contribution in [0.1, 0.15) is 34.0 Å². The van der Waals surface area contributed by atoms with E-state index in [4.69, 9.17) is 21.4 Å². The summed E-state index contributed by atoms with van der Waals surface area (Å²) in [6.45, 7) is 4.92. The maximum atomic E-state index is 12.8. The molecule has 0 saturated heterocycles. The Kier molecular flexibility index (Phi) is 7.37. The highest BCUT2D eigenvalue weighted by Gasteiger charge is 2.11. The number of nitrogens with zero attached hydrogens (tertiary/aromatic N) is 3. The van der Waals surface area contributed by atoms with Crippen molar-refractivity contribution in [1.29, 1.82) is 0 Å². The van der Waals surface area contributed by atoms with Gasteiger partial charge in [-0.1, -0.05) is 23.7 Å². The molecule has 0 saturated carbocycles. The molecule has 0 aliphatic heterocycles. The third-order valence-corrected chi connectivity index (χ3v) is 5.23. The van der Waals surface area contributed by atoms with Crippen molar-refractivity contribution < 1.29 is 19.4 Å². The minimum atomic E-state index is -1.28. The molecule has 1 heterocycles. The molecule has 0 radical (unpaired) electrons. The lowest BCUT2D eigenvalue weighted by molar-refractivity contribution is 0.0950. The third-order valence-electron chi connectivity index (χ3n) is 4.81. The van der Waals surface area contributed by atoms with Gasteiger partial charge in [0.15, 0.2) is 0 Å². The minimum absolute atomic E-state index is 0.242. The van der Waals surface area contributed by atoms with Gasteiger partial charge >= 0.3 is 6.09 Å². The number of aryl methyl sites for hydroxylation is 2. The molecule has 0 unspecified atom stereocenters. The molecule has 2 N–H and O–H groups in total. The van der Waals surface area contributed by atoms with Gasteiger partial charge in [-0.05, 0) is 54.8 Å². The number of aromatic nitrogens is 2. The highest BCUT2D eigenvalue weighted by Crippen LogP contribution is 2.19. The molecule has 0 bridgehead atoms. The topological polar surface area (TPSA) is 97.8 Å². The first-order chi connectivity index (χ1) is 15.3. The van der Waals surface area contributed by atoms with E-state index in [2.05, 4.69) is 10.3 Å². The lowest BCUT2D eigenvalue weighted by Crippen LogP contribution is -2.26. The molecule has 0 spiro atoms. The number of halogens is 1. The summed E-state index contributed by atoms with van der Waals surface area (Å²) in [6.07, 6.45) is 2.18. The van der Waals surface area contributed by atoms with Gasteiger partial charge in [-0.15, -0.1) is 4.99 Å². The molecule has 8 nitrogen and oxygen atoms in total. The Bertz CT molecular complexity index is 1210. The van der Waals surface area contributed by atoms with Gasteiger partial charge in [-0.2, -0.15) is 0 Å². The van der Waals surface area contributed by atoms with Crippen LogP contribution in [0, 0.1) is 6.92 Å². The Morgan fingerprint density at radius 3 is 2.62 bits per heavy atom. The number of amides is 2. The molecule has 0 fully saturated rings. The van der Waals surface area contributed by atoms with Crippen molar-refractivity contribution in [3.05, 3.63) is 81.7 Å². The first kappa shape index (κ1) is 23.1. The summed E-state index contributed by atoms with van der Waals surface area (Å²) >= 11 is 6.07. The number of hydrogen-bond donors (Lipinski definition) is 2. The summed E-state index contributed by atoms with van der Waals surface area (Å²) in [7, 11) is 1.71. The Morgan fingerprint density at radius 2 is 1.94 bits per heavy atom. The van der Waals surface area contributed by atoms with E-state index in [9.17, 15) is 9.59 Å². The zero-order valence-electron chi connectivity index (χ0n) is 18.1. The third kappa shape index (κ3) is 5.79. The molecule has 0 aliphatic rings. The summed E-state index contributed by atoms with van der Waals surface area (Å²) in [6, 6.07) is 10.9. The van der Waals surface area contributed by atoms with E-state index < -0.39 is 6.09 Å². The number of hydrogen-bond acceptors (Lipinski definition) is 3. The average Bonchev–Trinajstić information content (AvgIpc) is 3.07. The smallest absolute Gasteiger partial charge is 0.434 e. The summed E-state index contributed by atoms with van der Waals surface area (Å²) in [5.41, 5.74) is 3.40. The van der Waals surface area contributed by atoms with Gasteiger partial charge in [0.2, 0.25) is 5.62 Å². The zero-order chi connectivity index (χ0) is 23.3. The molecule has 1 aromatic heterocycles. The second-order valence-electron chi connectivity index (χ2n) is 7.30. The largest absolute Gasteiger partial charge is 0.494 e. The fourth-order valence-electron chi connectivity index (χ4n) is 3.30. The van der Waals surface area contributed by atoms with Crippen molar-refractivity contribution in [2.24, 2.45) is 12.0 Å². The molecule has 3 aromatic rings. The predicted molar refractivity (Wildman–Crippen MR) is 121 cm³/mol. The fourth-order valence-corrected chi connectivity index (χ4v) is 3.42. The number of imidazole rings is 1. The van der Waals surface area contributed by atoms with Crippen molar-refractivity contribution in [3.63, 3.8) is 0 Å². The first-order valence-corrected chi connectivity index (χ1v) is 10.4. The Balaban J connectivity index is 1.85. The highest BCUT2D eigenvalue weighted by atomic mass is 35.5. The molecular formula is C23H25ClN4O4. The zero-order valence-corrected chi connectivity index (χ0v) is 18.9.